The van der Waals surface area contributed by atoms with Crippen molar-refractivity contribution in [2.24, 2.45) is 0 Å². The third-order valence-electron chi connectivity index (χ3n) is 2.14. The Balaban J connectivity index is 2.82. The van der Waals surface area contributed by atoms with Crippen LogP contribution in [0.4, 0.5) is 0 Å². The van der Waals surface area contributed by atoms with Gasteiger partial charge in [0.25, 0.3) is 5.91 Å². The number of nitrogens with zero attached hydrogens (tertiary/aromatic N) is 1. The van der Waals surface area contributed by atoms with Crippen molar-refractivity contribution < 1.29 is 9.59 Å². The molecule has 2 amide bonds. The Hall–Kier alpha value is -0.400. The number of rotatable bonds is 4. The molecule has 0 fully saturated rings. The van der Waals surface area contributed by atoms with E-state index in [1.165, 1.54) is 16.2 Å². The van der Waals surface area contributed by atoms with Crippen LogP contribution in [0.5, 0.6) is 0 Å². The maximum absolute atomic E-state index is 12.1. The topological polar surface area (TPSA) is 49.4 Å². The molecule has 1 heterocycles. The van der Waals surface area contributed by atoms with Gasteiger partial charge in [0.15, 0.2) is 0 Å². The van der Waals surface area contributed by atoms with Crippen LogP contribution < -0.4 is 5.32 Å². The molecule has 0 saturated heterocycles. The molecule has 1 rings (SSSR count). The highest BCUT2D eigenvalue weighted by molar-refractivity contribution is 9.13. The van der Waals surface area contributed by atoms with E-state index in [0.29, 0.717) is 11.4 Å². The molecule has 17 heavy (non-hydrogen) atoms. The zero-order valence-corrected chi connectivity index (χ0v) is 13.4. The number of halogens is 2. The summed E-state index contributed by atoms with van der Waals surface area (Å²) in [6.45, 7) is 2.43. The van der Waals surface area contributed by atoms with E-state index in [9.17, 15) is 9.59 Å². The monoisotopic (exact) mass is 382 g/mol. The predicted molar refractivity (Wildman–Crippen MR) is 75.4 cm³/mol. The third kappa shape index (κ3) is 3.79. The molecule has 0 radical (unpaired) electrons. The molecule has 0 aliphatic carbocycles. The van der Waals surface area contributed by atoms with E-state index < -0.39 is 0 Å². The first-order valence-corrected chi connectivity index (χ1v) is 7.34. The quantitative estimate of drug-likeness (QED) is 0.868. The number of likely N-dealkylation sites (N-methyl/N-ethyl adjacent to an activating group) is 2. The molecular formula is C10H12Br2N2O2S. The normalized spacial score (nSPS) is 10.1. The maximum atomic E-state index is 12.1. The molecule has 1 N–H and O–H groups in total. The van der Waals surface area contributed by atoms with Crippen LogP contribution in [0.3, 0.4) is 0 Å². The van der Waals surface area contributed by atoms with Gasteiger partial charge in [0.1, 0.15) is 0 Å². The smallest absolute Gasteiger partial charge is 0.264 e. The molecule has 94 valence electrons. The van der Waals surface area contributed by atoms with Gasteiger partial charge in [0.05, 0.1) is 15.2 Å². The van der Waals surface area contributed by atoms with Crippen LogP contribution in [-0.4, -0.2) is 36.9 Å². The summed E-state index contributed by atoms with van der Waals surface area (Å²) in [4.78, 5) is 25.5. The fourth-order valence-electron chi connectivity index (χ4n) is 1.19. The fourth-order valence-corrected chi connectivity index (χ4v) is 3.19. The van der Waals surface area contributed by atoms with Gasteiger partial charge >= 0.3 is 0 Å². The summed E-state index contributed by atoms with van der Waals surface area (Å²) in [5.74, 6) is -0.303. The van der Waals surface area contributed by atoms with Gasteiger partial charge in [-0.2, -0.15) is 0 Å². The Bertz CT molecular complexity index is 414. The van der Waals surface area contributed by atoms with Gasteiger partial charge in [-0.15, -0.1) is 11.3 Å². The van der Waals surface area contributed by atoms with Crippen LogP contribution in [0.1, 0.15) is 16.6 Å². The molecule has 0 aliphatic rings. The van der Waals surface area contributed by atoms with Crippen LogP contribution in [0, 0.1) is 0 Å². The zero-order chi connectivity index (χ0) is 13.0. The predicted octanol–water partition coefficient (Wildman–Crippen LogP) is 2.48. The minimum Gasteiger partial charge on any atom is -0.358 e. The second-order valence-corrected chi connectivity index (χ2v) is 6.45. The molecular weight excluding hydrogens is 372 g/mol. The number of carbonyl (C=O) groups is 2. The molecule has 0 bridgehead atoms. The van der Waals surface area contributed by atoms with Gasteiger partial charge in [-0.3, -0.25) is 9.59 Å². The van der Waals surface area contributed by atoms with E-state index in [0.717, 1.165) is 8.26 Å². The Labute approximate surface area is 121 Å². The van der Waals surface area contributed by atoms with Gasteiger partial charge in [-0.1, -0.05) is 0 Å². The summed E-state index contributed by atoms with van der Waals surface area (Å²) in [7, 11) is 1.55. The van der Waals surface area contributed by atoms with E-state index in [-0.39, 0.29) is 18.4 Å². The van der Waals surface area contributed by atoms with E-state index in [4.69, 9.17) is 0 Å². The van der Waals surface area contributed by atoms with E-state index in [1.54, 1.807) is 13.1 Å². The lowest BCUT2D eigenvalue weighted by atomic mass is 10.3. The number of amides is 2. The van der Waals surface area contributed by atoms with Crippen molar-refractivity contribution in [3.63, 3.8) is 0 Å². The summed E-state index contributed by atoms with van der Waals surface area (Å²) in [5.41, 5.74) is 0. The third-order valence-corrected chi connectivity index (χ3v) is 5.38. The largest absolute Gasteiger partial charge is 0.358 e. The number of carbonyl (C=O) groups excluding carboxylic acids is 2. The average Bonchev–Trinajstić information content (AvgIpc) is 2.65. The van der Waals surface area contributed by atoms with E-state index in [1.807, 2.05) is 6.92 Å². The van der Waals surface area contributed by atoms with Gasteiger partial charge in [0.2, 0.25) is 5.91 Å². The first-order chi connectivity index (χ1) is 7.99. The van der Waals surface area contributed by atoms with E-state index in [2.05, 4.69) is 37.2 Å². The molecule has 1 aromatic heterocycles. The standard InChI is InChI=1S/C10H12Br2N2O2S/c1-3-14(5-8(15)13-2)10(16)7-4-6(11)9(12)17-7/h4H,3,5H2,1-2H3,(H,13,15). The first kappa shape index (κ1) is 14.7. The second kappa shape index (κ2) is 6.51. The van der Waals surface area contributed by atoms with Crippen molar-refractivity contribution in [2.45, 2.75) is 6.92 Å². The van der Waals surface area contributed by atoms with Crippen LogP contribution in [0.2, 0.25) is 0 Å². The molecule has 7 heteroatoms. The fraction of sp³-hybridized carbons (Fsp3) is 0.400. The summed E-state index contributed by atoms with van der Waals surface area (Å²) < 4.78 is 1.72. The molecule has 0 unspecified atom stereocenters. The number of nitrogens with one attached hydrogen (secondary N) is 1. The lowest BCUT2D eigenvalue weighted by Gasteiger charge is -2.18. The van der Waals surface area contributed by atoms with Gasteiger partial charge < -0.3 is 10.2 Å². The van der Waals surface area contributed by atoms with Crippen LogP contribution in [0.25, 0.3) is 0 Å². The number of thiophene rings is 1. The molecule has 0 aliphatic heterocycles. The second-order valence-electron chi connectivity index (χ2n) is 3.22. The molecule has 1 aromatic rings. The minimum absolute atomic E-state index is 0.0823. The molecule has 0 aromatic carbocycles. The summed E-state index contributed by atoms with van der Waals surface area (Å²) in [5, 5.41) is 2.50. The summed E-state index contributed by atoms with van der Waals surface area (Å²) in [6.07, 6.45) is 0. The first-order valence-electron chi connectivity index (χ1n) is 4.94. The van der Waals surface area contributed by atoms with E-state index >= 15 is 0 Å². The lowest BCUT2D eigenvalue weighted by Crippen LogP contribution is -2.39. The minimum atomic E-state index is -0.171. The molecule has 4 nitrogen and oxygen atoms in total. The average molecular weight is 384 g/mol. The van der Waals surface area contributed by atoms with Crippen LogP contribution in [0.15, 0.2) is 14.3 Å². The SMILES string of the molecule is CCN(CC(=O)NC)C(=O)c1cc(Br)c(Br)s1. The Morgan fingerprint density at radius 2 is 2.12 bits per heavy atom. The van der Waals surface area contributed by atoms with Crippen molar-refractivity contribution in [3.05, 3.63) is 19.2 Å². The zero-order valence-electron chi connectivity index (χ0n) is 9.42. The van der Waals surface area contributed by atoms with Gasteiger partial charge in [-0.25, -0.2) is 0 Å². The Kier molecular flexibility index (Phi) is 5.61. The van der Waals surface area contributed by atoms with Crippen molar-refractivity contribution >= 4 is 55.0 Å². The van der Waals surface area contributed by atoms with Gasteiger partial charge in [-0.05, 0) is 44.8 Å². The van der Waals surface area contributed by atoms with Crippen molar-refractivity contribution in [3.8, 4) is 0 Å². The number of hydrogen-bond acceptors (Lipinski definition) is 3. The van der Waals surface area contributed by atoms with Crippen LogP contribution >= 0.6 is 43.2 Å². The maximum Gasteiger partial charge on any atom is 0.264 e. The molecule has 0 saturated carbocycles. The summed E-state index contributed by atoms with van der Waals surface area (Å²) >= 11 is 8.02. The number of hydrogen-bond donors (Lipinski definition) is 1. The highest BCUT2D eigenvalue weighted by Crippen LogP contribution is 2.32. The van der Waals surface area contributed by atoms with Crippen molar-refractivity contribution in [1.82, 2.24) is 10.2 Å². The van der Waals surface area contributed by atoms with Crippen molar-refractivity contribution in [2.75, 3.05) is 20.1 Å². The molecule has 0 spiro atoms. The highest BCUT2D eigenvalue weighted by atomic mass is 79.9. The van der Waals surface area contributed by atoms with Gasteiger partial charge in [0, 0.05) is 18.1 Å². The molecule has 0 atom stereocenters. The highest BCUT2D eigenvalue weighted by Gasteiger charge is 2.19. The Morgan fingerprint density at radius 3 is 2.53 bits per heavy atom. The van der Waals surface area contributed by atoms with Crippen LogP contribution in [-0.2, 0) is 4.79 Å². The lowest BCUT2D eigenvalue weighted by molar-refractivity contribution is -0.121. The van der Waals surface area contributed by atoms with Crippen molar-refractivity contribution in [1.29, 1.82) is 0 Å². The Morgan fingerprint density at radius 1 is 1.47 bits per heavy atom. The summed E-state index contributed by atoms with van der Waals surface area (Å²) in [6, 6.07) is 1.75.